The molecule has 0 atom stereocenters. The lowest BCUT2D eigenvalue weighted by Crippen LogP contribution is -2.27. The normalized spacial score (nSPS) is 10.2. The third-order valence-electron chi connectivity index (χ3n) is 8.84. The molecule has 71 heavy (non-hydrogen) atoms. The summed E-state index contributed by atoms with van der Waals surface area (Å²) in [4.78, 5) is 75.8. The molecule has 374 valence electrons. The average Bonchev–Trinajstić information content (AvgIpc) is 3.33. The van der Waals surface area contributed by atoms with Gasteiger partial charge in [0.1, 0.15) is 29.0 Å². The highest BCUT2D eigenvalue weighted by molar-refractivity contribution is 14.1. The molecule has 5 aromatic heterocycles. The smallest absolute Gasteiger partial charge is 0.358 e. The summed E-state index contributed by atoms with van der Waals surface area (Å²) in [7, 11) is 2.52. The number of aromatic amines is 1. The number of aromatic nitrogens is 8. The molecule has 4 N–H and O–H groups in total. The summed E-state index contributed by atoms with van der Waals surface area (Å²) in [5.41, 5.74) is 8.68. The minimum Gasteiger partial charge on any atom is -0.464 e. The number of halogens is 3. The molecule has 2 aromatic carbocycles. The first-order valence-corrected chi connectivity index (χ1v) is 23.0. The Bertz CT molecular complexity index is 2980. The second-order valence-electron chi connectivity index (χ2n) is 15.7. The summed E-state index contributed by atoms with van der Waals surface area (Å²) < 4.78 is 38.3. The van der Waals surface area contributed by atoms with E-state index in [1.54, 1.807) is 36.7 Å². The minimum absolute atomic E-state index is 0.0768. The van der Waals surface area contributed by atoms with Crippen molar-refractivity contribution < 1.29 is 32.6 Å². The van der Waals surface area contributed by atoms with Crippen molar-refractivity contribution >= 4 is 52.1 Å². The molecule has 7 rings (SSSR count). The number of ether oxygens (including phenoxy) is 2. The molecule has 0 spiro atoms. The third-order valence-corrected chi connectivity index (χ3v) is 8.84. The Morgan fingerprint density at radius 3 is 1.52 bits per heavy atom. The van der Waals surface area contributed by atoms with Crippen molar-refractivity contribution in [3.05, 3.63) is 204 Å². The molecular formula is C50H55F2IN10O8. The van der Waals surface area contributed by atoms with E-state index in [2.05, 4.69) is 81.6 Å². The summed E-state index contributed by atoms with van der Waals surface area (Å²) in [5, 5.41) is 16.2. The lowest BCUT2D eigenvalue weighted by molar-refractivity contribution is 0.0582. The molecular weight excluding hydrogens is 1030 g/mol. The lowest BCUT2D eigenvalue weighted by Gasteiger charge is -2.10. The molecule has 0 bridgehead atoms. The molecule has 0 aliphatic rings. The Kier molecular flexibility index (Phi) is 23.7. The van der Waals surface area contributed by atoms with Crippen molar-refractivity contribution in [3.8, 4) is 0 Å². The number of benzene rings is 2. The maximum atomic E-state index is 13.3. The highest BCUT2D eigenvalue weighted by Crippen LogP contribution is 2.14. The molecule has 0 saturated heterocycles. The van der Waals surface area contributed by atoms with Crippen molar-refractivity contribution in [3.63, 3.8) is 0 Å². The van der Waals surface area contributed by atoms with E-state index in [-0.39, 0.29) is 57.5 Å². The number of hydrogen-bond donors (Lipinski definition) is 3. The second-order valence-corrected chi connectivity index (χ2v) is 18.2. The van der Waals surface area contributed by atoms with Crippen LogP contribution >= 0.6 is 22.6 Å². The van der Waals surface area contributed by atoms with Gasteiger partial charge in [0.05, 0.1) is 26.3 Å². The molecule has 18 nitrogen and oxygen atoms in total. The van der Waals surface area contributed by atoms with Crippen LogP contribution in [0.25, 0.3) is 0 Å². The molecule has 21 heteroatoms. The average molecular weight is 1090 g/mol. The maximum Gasteiger partial charge on any atom is 0.358 e. The predicted octanol–water partition coefficient (Wildman–Crippen LogP) is 7.59. The second kappa shape index (κ2) is 29.3. The van der Waals surface area contributed by atoms with Crippen molar-refractivity contribution in [1.82, 2.24) is 39.7 Å². The van der Waals surface area contributed by atoms with Crippen molar-refractivity contribution in [2.24, 2.45) is 0 Å². The Hall–Kier alpha value is -7.82. The van der Waals surface area contributed by atoms with Crippen LogP contribution < -0.4 is 27.7 Å². The van der Waals surface area contributed by atoms with Crippen LogP contribution in [0.15, 0.2) is 136 Å². The largest absolute Gasteiger partial charge is 0.464 e. The van der Waals surface area contributed by atoms with Crippen LogP contribution in [0.1, 0.15) is 107 Å². The number of nitrogens with one attached hydrogen (secondary N) is 2. The molecule has 0 radical (unpaired) electrons. The number of nitrogens with zero attached hydrogens (tertiary/aromatic N) is 7. The monoisotopic (exact) mass is 1090 g/mol. The van der Waals surface area contributed by atoms with E-state index in [1.165, 1.54) is 84.2 Å². The molecule has 0 unspecified atom stereocenters. The minimum atomic E-state index is -0.568. The fraction of sp³-hybridized carbons (Fsp3) is 0.260. The number of nitrogen functional groups attached to an aromatic ring is 1. The first kappa shape index (κ1) is 57.5. The van der Waals surface area contributed by atoms with Crippen LogP contribution in [0, 0.1) is 11.6 Å². The standard InChI is InChI=1S/C20H19FN4O2.C12H11FN2.C9H12N2O3.C6H6N2O3.C3H7I/c1-13(2)25-19(26)9-7-17(24-25)20(27)23-18-8-6-15(12-22-18)10-14-4-3-5-16(21)11-14;13-11-3-1-2-9(7-11)6-10-4-5-12(14)15-8-10;1-6(2)11-8(12)5-4-7(10-11)9(13)14-3;1-11-6(10)4-2-3-5(9)8-7-4;1-3(2)4/h3-9,11-13H,10H2,1-2H3,(H,22,23,27);1-5,7-8H,6H2,(H2,14,15);4-6H,1-3H3;2-3H,1H3,(H,8,9);3H,1-2H3. The number of alkyl halides is 1. The number of methoxy groups -OCH3 is 2. The summed E-state index contributed by atoms with van der Waals surface area (Å²) >= 11 is 2.34. The topological polar surface area (TPSA) is 249 Å². The number of rotatable bonds is 10. The van der Waals surface area contributed by atoms with Crippen molar-refractivity contribution in [2.75, 3.05) is 25.3 Å². The van der Waals surface area contributed by atoms with Crippen molar-refractivity contribution in [1.29, 1.82) is 0 Å². The highest BCUT2D eigenvalue weighted by Gasteiger charge is 2.13. The Labute approximate surface area is 421 Å². The van der Waals surface area contributed by atoms with Gasteiger partial charge in [0.25, 0.3) is 22.6 Å². The zero-order valence-corrected chi connectivity index (χ0v) is 42.5. The quantitative estimate of drug-likeness (QED) is 0.0678. The van der Waals surface area contributed by atoms with E-state index >= 15 is 0 Å². The van der Waals surface area contributed by atoms with Gasteiger partial charge in [-0.2, -0.15) is 15.3 Å². The number of anilines is 2. The number of amides is 1. The van der Waals surface area contributed by atoms with Gasteiger partial charge in [-0.15, -0.1) is 0 Å². The maximum absolute atomic E-state index is 13.3. The number of carbonyl (C=O) groups excluding carboxylic acids is 3. The molecule has 0 aliphatic carbocycles. The van der Waals surface area contributed by atoms with Crippen LogP contribution in [-0.4, -0.2) is 75.7 Å². The van der Waals surface area contributed by atoms with Crippen LogP contribution in [0.3, 0.4) is 0 Å². The van der Waals surface area contributed by atoms with E-state index in [9.17, 15) is 37.5 Å². The number of pyridine rings is 2. The van der Waals surface area contributed by atoms with Crippen LogP contribution in [0.4, 0.5) is 20.4 Å². The first-order valence-electron chi connectivity index (χ1n) is 21.7. The van der Waals surface area contributed by atoms with E-state index in [1.807, 2.05) is 52.0 Å². The van der Waals surface area contributed by atoms with Gasteiger partial charge in [-0.05, 0) is 117 Å². The third kappa shape index (κ3) is 20.7. The Morgan fingerprint density at radius 2 is 1.10 bits per heavy atom. The molecule has 0 saturated carbocycles. The SMILES string of the molecule is CC(C)I.CC(C)n1nc(C(=O)Nc2ccc(Cc3cccc(F)c3)cn2)ccc1=O.COC(=O)c1ccc(=O)[nH]n1.COC(=O)c1ccc(=O)n(C(C)C)n1.Nc1ccc(Cc2cccc(F)c2)cn1. The van der Waals surface area contributed by atoms with Crippen LogP contribution in [0.2, 0.25) is 0 Å². The van der Waals surface area contributed by atoms with Gasteiger partial charge in [-0.3, -0.25) is 19.2 Å². The molecule has 7 aromatic rings. The van der Waals surface area contributed by atoms with Crippen molar-refractivity contribution in [2.45, 2.75) is 70.4 Å². The number of hydrogen-bond acceptors (Lipinski definition) is 14. The van der Waals surface area contributed by atoms with Gasteiger partial charge in [0.2, 0.25) is 0 Å². The van der Waals surface area contributed by atoms with Crippen LogP contribution in [-0.2, 0) is 22.3 Å². The Balaban J connectivity index is 0.000000259. The van der Waals surface area contributed by atoms with E-state index in [0.29, 0.717) is 24.5 Å². The number of nitrogens with two attached hydrogens (primary N) is 1. The van der Waals surface area contributed by atoms with Gasteiger partial charge in [-0.1, -0.05) is 72.8 Å². The zero-order chi connectivity index (χ0) is 52.6. The molecule has 5 heterocycles. The fourth-order valence-corrected chi connectivity index (χ4v) is 5.58. The van der Waals surface area contributed by atoms with E-state index in [4.69, 9.17) is 5.73 Å². The first-order chi connectivity index (χ1) is 33.7. The fourth-order valence-electron chi connectivity index (χ4n) is 5.58. The zero-order valence-electron chi connectivity index (χ0n) is 40.3. The summed E-state index contributed by atoms with van der Waals surface area (Å²) in [6, 6.07) is 27.7. The molecule has 0 aliphatic heterocycles. The van der Waals surface area contributed by atoms with Gasteiger partial charge >= 0.3 is 11.9 Å². The summed E-state index contributed by atoms with van der Waals surface area (Å²) in [6.07, 6.45) is 4.55. The number of carbonyl (C=O) groups is 3. The van der Waals surface area contributed by atoms with E-state index in [0.717, 1.165) is 26.2 Å². The van der Waals surface area contributed by atoms with Gasteiger partial charge < -0.3 is 20.5 Å². The number of esters is 2. The molecule has 1 amide bonds. The predicted molar refractivity (Wildman–Crippen MR) is 274 cm³/mol. The lowest BCUT2D eigenvalue weighted by atomic mass is 10.1. The van der Waals surface area contributed by atoms with Gasteiger partial charge in [0.15, 0.2) is 11.4 Å². The van der Waals surface area contributed by atoms with Crippen LogP contribution in [0.5, 0.6) is 0 Å². The number of H-pyrrole nitrogens is 1. The molecule has 0 fully saturated rings. The summed E-state index contributed by atoms with van der Waals surface area (Å²) in [5.74, 6) is -1.18. The van der Waals surface area contributed by atoms with E-state index < -0.39 is 17.8 Å². The van der Waals surface area contributed by atoms with Gasteiger partial charge in [0, 0.05) is 34.5 Å². The van der Waals surface area contributed by atoms with Gasteiger partial charge in [-0.25, -0.2) is 42.8 Å². The highest BCUT2D eigenvalue weighted by atomic mass is 127. The Morgan fingerprint density at radius 1 is 0.634 bits per heavy atom. The summed E-state index contributed by atoms with van der Waals surface area (Å²) in [6.45, 7) is 11.6.